The van der Waals surface area contributed by atoms with E-state index < -0.39 is 0 Å². The lowest BCUT2D eigenvalue weighted by molar-refractivity contribution is -0.151. The van der Waals surface area contributed by atoms with Crippen molar-refractivity contribution in [1.82, 2.24) is 4.90 Å². The van der Waals surface area contributed by atoms with Gasteiger partial charge in [-0.05, 0) is 25.9 Å². The van der Waals surface area contributed by atoms with Gasteiger partial charge in [0.15, 0.2) is 0 Å². The molecule has 0 rings (SSSR count). The van der Waals surface area contributed by atoms with Crippen molar-refractivity contribution in [2.24, 2.45) is 17.6 Å². The van der Waals surface area contributed by atoms with Gasteiger partial charge in [-0.2, -0.15) is 0 Å². The highest BCUT2D eigenvalue weighted by molar-refractivity contribution is 5.73. The minimum atomic E-state index is -0.227. The van der Waals surface area contributed by atoms with E-state index in [0.29, 0.717) is 19.1 Å². The monoisotopic (exact) mass is 244 g/mol. The minimum Gasteiger partial charge on any atom is -0.466 e. The van der Waals surface area contributed by atoms with Crippen LogP contribution in [0.2, 0.25) is 0 Å². The molecule has 0 bridgehead atoms. The normalized spacial score (nSPS) is 15.1. The molecule has 0 amide bonds. The smallest absolute Gasteiger partial charge is 0.311 e. The van der Waals surface area contributed by atoms with Gasteiger partial charge in [0.2, 0.25) is 0 Å². The van der Waals surface area contributed by atoms with Crippen molar-refractivity contribution in [1.29, 1.82) is 0 Å². The first kappa shape index (κ1) is 16.4. The zero-order chi connectivity index (χ0) is 13.4. The van der Waals surface area contributed by atoms with Crippen molar-refractivity contribution < 1.29 is 9.53 Å². The molecule has 2 N–H and O–H groups in total. The van der Waals surface area contributed by atoms with Crippen LogP contribution in [-0.2, 0) is 9.53 Å². The van der Waals surface area contributed by atoms with Crippen LogP contribution in [0.25, 0.3) is 0 Å². The largest absolute Gasteiger partial charge is 0.466 e. The maximum atomic E-state index is 11.9. The third-order valence-corrected chi connectivity index (χ3v) is 3.17. The van der Waals surface area contributed by atoms with Crippen LogP contribution < -0.4 is 5.73 Å². The molecule has 0 saturated heterocycles. The number of rotatable bonds is 8. The summed E-state index contributed by atoms with van der Waals surface area (Å²) in [6.45, 7) is 12.9. The summed E-state index contributed by atoms with van der Waals surface area (Å²) in [5.74, 6) is -0.0108. The zero-order valence-electron chi connectivity index (χ0n) is 11.9. The molecular weight excluding hydrogens is 216 g/mol. The quantitative estimate of drug-likeness (QED) is 0.657. The van der Waals surface area contributed by atoms with Gasteiger partial charge in [-0.1, -0.05) is 27.7 Å². The van der Waals surface area contributed by atoms with E-state index in [2.05, 4.69) is 32.6 Å². The number of carbonyl (C=O) groups is 1. The van der Waals surface area contributed by atoms with Crippen LogP contribution in [0.1, 0.15) is 34.6 Å². The summed E-state index contributed by atoms with van der Waals surface area (Å²) < 4.78 is 5.12. The van der Waals surface area contributed by atoms with Crippen LogP contribution in [-0.4, -0.2) is 43.2 Å². The van der Waals surface area contributed by atoms with Crippen molar-refractivity contribution in [3.63, 3.8) is 0 Å². The summed E-state index contributed by atoms with van der Waals surface area (Å²) in [5.41, 5.74) is 5.76. The molecule has 0 aliphatic rings. The van der Waals surface area contributed by atoms with Gasteiger partial charge in [-0.25, -0.2) is 0 Å². The summed E-state index contributed by atoms with van der Waals surface area (Å²) in [6, 6.07) is 0.161. The van der Waals surface area contributed by atoms with Crippen LogP contribution in [0.3, 0.4) is 0 Å². The Balaban J connectivity index is 4.91. The molecular formula is C13H28N2O2. The zero-order valence-corrected chi connectivity index (χ0v) is 11.9. The van der Waals surface area contributed by atoms with Gasteiger partial charge < -0.3 is 10.5 Å². The Morgan fingerprint density at radius 3 is 2.06 bits per heavy atom. The van der Waals surface area contributed by atoms with E-state index in [-0.39, 0.29) is 17.9 Å². The first-order chi connectivity index (χ1) is 8.03. The van der Waals surface area contributed by atoms with Crippen LogP contribution in [0.5, 0.6) is 0 Å². The summed E-state index contributed by atoms with van der Waals surface area (Å²) in [7, 11) is 0. The fourth-order valence-electron chi connectivity index (χ4n) is 2.41. The van der Waals surface area contributed by atoms with Crippen LogP contribution in [0.4, 0.5) is 0 Å². The van der Waals surface area contributed by atoms with E-state index in [9.17, 15) is 4.79 Å². The van der Waals surface area contributed by atoms with E-state index in [4.69, 9.17) is 10.5 Å². The highest BCUT2D eigenvalue weighted by Gasteiger charge is 2.33. The standard InChI is InChI=1S/C13H28N2O2/c1-6-15(7-2)12(10(4)5)11(9-14)13(16)17-8-3/h10-12H,6-9,14H2,1-5H3/t11-,12-/m0/s1. The predicted octanol–water partition coefficient (Wildman–Crippen LogP) is 1.49. The Kier molecular flexibility index (Phi) is 8.17. The van der Waals surface area contributed by atoms with Gasteiger partial charge in [-0.15, -0.1) is 0 Å². The summed E-state index contributed by atoms with van der Waals surface area (Å²) in [4.78, 5) is 14.2. The second-order valence-electron chi connectivity index (χ2n) is 4.55. The molecule has 0 aliphatic carbocycles. The molecule has 0 aliphatic heterocycles. The molecule has 0 aromatic carbocycles. The number of carbonyl (C=O) groups excluding carboxylic acids is 1. The molecule has 0 spiro atoms. The van der Waals surface area contributed by atoms with Crippen molar-refractivity contribution in [3.8, 4) is 0 Å². The van der Waals surface area contributed by atoms with E-state index >= 15 is 0 Å². The molecule has 0 heterocycles. The Bertz CT molecular complexity index is 215. The molecule has 0 aromatic heterocycles. The van der Waals surface area contributed by atoms with Gasteiger partial charge in [0.05, 0.1) is 12.5 Å². The fourth-order valence-corrected chi connectivity index (χ4v) is 2.41. The van der Waals surface area contributed by atoms with Gasteiger partial charge in [0.1, 0.15) is 0 Å². The summed E-state index contributed by atoms with van der Waals surface area (Å²) in [5, 5.41) is 0. The van der Waals surface area contributed by atoms with Crippen molar-refractivity contribution in [2.75, 3.05) is 26.2 Å². The van der Waals surface area contributed by atoms with Crippen molar-refractivity contribution in [2.45, 2.75) is 40.7 Å². The molecule has 0 unspecified atom stereocenters. The number of ether oxygens (including phenoxy) is 1. The van der Waals surface area contributed by atoms with Crippen molar-refractivity contribution in [3.05, 3.63) is 0 Å². The number of nitrogens with two attached hydrogens (primary N) is 1. The first-order valence-corrected chi connectivity index (χ1v) is 6.64. The number of hydrogen-bond donors (Lipinski definition) is 1. The molecule has 2 atom stereocenters. The lowest BCUT2D eigenvalue weighted by Gasteiger charge is -2.37. The predicted molar refractivity (Wildman–Crippen MR) is 70.7 cm³/mol. The van der Waals surface area contributed by atoms with E-state index in [0.717, 1.165) is 13.1 Å². The molecule has 17 heavy (non-hydrogen) atoms. The third kappa shape index (κ3) is 4.64. The van der Waals surface area contributed by atoms with Crippen molar-refractivity contribution >= 4 is 5.97 Å². The lowest BCUT2D eigenvalue weighted by atomic mass is 9.88. The van der Waals surface area contributed by atoms with Crippen LogP contribution >= 0.6 is 0 Å². The van der Waals surface area contributed by atoms with Gasteiger partial charge in [0, 0.05) is 12.6 Å². The molecule has 102 valence electrons. The second kappa shape index (κ2) is 8.48. The maximum absolute atomic E-state index is 11.9. The average Bonchev–Trinajstić information content (AvgIpc) is 2.29. The van der Waals surface area contributed by atoms with Gasteiger partial charge in [-0.3, -0.25) is 9.69 Å². The van der Waals surface area contributed by atoms with Crippen LogP contribution in [0, 0.1) is 11.8 Å². The third-order valence-electron chi connectivity index (χ3n) is 3.17. The first-order valence-electron chi connectivity index (χ1n) is 6.64. The molecule has 0 fully saturated rings. The number of hydrogen-bond acceptors (Lipinski definition) is 4. The average molecular weight is 244 g/mol. The number of nitrogens with zero attached hydrogens (tertiary/aromatic N) is 1. The van der Waals surface area contributed by atoms with Gasteiger partial charge in [0.25, 0.3) is 0 Å². The Morgan fingerprint density at radius 1 is 1.24 bits per heavy atom. The molecule has 0 saturated carbocycles. The second-order valence-corrected chi connectivity index (χ2v) is 4.55. The Labute approximate surface area is 105 Å². The summed E-state index contributed by atoms with van der Waals surface area (Å²) >= 11 is 0. The Morgan fingerprint density at radius 2 is 1.76 bits per heavy atom. The molecule has 0 aromatic rings. The minimum absolute atomic E-state index is 0.161. The molecule has 4 heteroatoms. The highest BCUT2D eigenvalue weighted by Crippen LogP contribution is 2.20. The van der Waals surface area contributed by atoms with Gasteiger partial charge >= 0.3 is 5.97 Å². The highest BCUT2D eigenvalue weighted by atomic mass is 16.5. The van der Waals surface area contributed by atoms with E-state index in [1.807, 2.05) is 6.92 Å². The molecule has 4 nitrogen and oxygen atoms in total. The van der Waals surface area contributed by atoms with E-state index in [1.165, 1.54) is 0 Å². The molecule has 0 radical (unpaired) electrons. The van der Waals surface area contributed by atoms with Crippen LogP contribution in [0.15, 0.2) is 0 Å². The fraction of sp³-hybridized carbons (Fsp3) is 0.923. The summed E-state index contributed by atoms with van der Waals surface area (Å²) in [6.07, 6.45) is 0. The maximum Gasteiger partial charge on any atom is 0.311 e. The van der Waals surface area contributed by atoms with E-state index in [1.54, 1.807) is 0 Å². The Hall–Kier alpha value is -0.610. The topological polar surface area (TPSA) is 55.6 Å². The SMILES string of the molecule is CCOC(=O)[C@@H](CN)[C@H](C(C)C)N(CC)CC. The number of esters is 1. The lowest BCUT2D eigenvalue weighted by Crippen LogP contribution is -2.49.